The lowest BCUT2D eigenvalue weighted by molar-refractivity contribution is 0.963. The van der Waals surface area contributed by atoms with E-state index in [1.165, 1.54) is 4.88 Å². The highest BCUT2D eigenvalue weighted by atomic mass is 79.9. The van der Waals surface area contributed by atoms with Gasteiger partial charge in [-0.3, -0.25) is 0 Å². The number of hydrogen-bond donors (Lipinski definition) is 0. The van der Waals surface area contributed by atoms with Crippen molar-refractivity contribution in [3.8, 4) is 10.7 Å². The first-order valence-corrected chi connectivity index (χ1v) is 6.59. The predicted octanol–water partition coefficient (Wildman–Crippen LogP) is 4.06. The van der Waals surface area contributed by atoms with E-state index in [0.29, 0.717) is 0 Å². The third-order valence-corrected chi connectivity index (χ3v) is 3.94. The predicted molar refractivity (Wildman–Crippen MR) is 71.7 cm³/mol. The van der Waals surface area contributed by atoms with E-state index in [1.807, 2.05) is 12.1 Å². The monoisotopic (exact) mass is 292 g/mol. The quantitative estimate of drug-likeness (QED) is 0.661. The molecule has 80 valence electrons. The van der Waals surface area contributed by atoms with E-state index in [-0.39, 0.29) is 0 Å². The van der Waals surface area contributed by atoms with E-state index in [4.69, 9.17) is 0 Å². The average Bonchev–Trinajstić information content (AvgIpc) is 2.86. The summed E-state index contributed by atoms with van der Waals surface area (Å²) in [5, 5.41) is 2.07. The van der Waals surface area contributed by atoms with Gasteiger partial charge in [0.2, 0.25) is 0 Å². The molecule has 0 spiro atoms. The van der Waals surface area contributed by atoms with Crippen LogP contribution in [-0.2, 0) is 7.05 Å². The molecule has 3 aromatic rings. The van der Waals surface area contributed by atoms with Gasteiger partial charge in [-0.25, -0.2) is 4.98 Å². The number of aryl methyl sites for hydroxylation is 1. The lowest BCUT2D eigenvalue weighted by Gasteiger charge is -1.98. The lowest BCUT2D eigenvalue weighted by atomic mass is 10.3. The van der Waals surface area contributed by atoms with Gasteiger partial charge in [0.1, 0.15) is 0 Å². The maximum absolute atomic E-state index is 4.66. The van der Waals surface area contributed by atoms with E-state index in [2.05, 4.69) is 56.1 Å². The van der Waals surface area contributed by atoms with Crippen molar-refractivity contribution in [2.24, 2.45) is 7.05 Å². The summed E-state index contributed by atoms with van der Waals surface area (Å²) in [5.41, 5.74) is 2.19. The molecule has 0 aliphatic heterocycles. The van der Waals surface area contributed by atoms with Crippen LogP contribution >= 0.6 is 27.3 Å². The summed E-state index contributed by atoms with van der Waals surface area (Å²) < 4.78 is 3.20. The Labute approximate surface area is 106 Å². The molecule has 0 unspecified atom stereocenters. The van der Waals surface area contributed by atoms with Crippen molar-refractivity contribution in [2.45, 2.75) is 0 Å². The van der Waals surface area contributed by atoms with E-state index >= 15 is 0 Å². The maximum atomic E-state index is 4.66. The third kappa shape index (κ3) is 1.49. The van der Waals surface area contributed by atoms with E-state index in [9.17, 15) is 0 Å². The fraction of sp³-hybridized carbons (Fsp3) is 0.0833. The molecule has 0 aliphatic carbocycles. The smallest absolute Gasteiger partial charge is 0.150 e. The first kappa shape index (κ1) is 10.1. The Bertz CT molecular complexity index is 640. The molecule has 0 radical (unpaired) electrons. The minimum Gasteiger partial charge on any atom is -0.326 e. The Morgan fingerprint density at radius 3 is 2.94 bits per heavy atom. The van der Waals surface area contributed by atoms with Crippen LogP contribution in [0, 0.1) is 0 Å². The van der Waals surface area contributed by atoms with Crippen LogP contribution in [0.15, 0.2) is 40.2 Å². The molecule has 16 heavy (non-hydrogen) atoms. The molecule has 0 bridgehead atoms. The van der Waals surface area contributed by atoms with Crippen LogP contribution in [0.1, 0.15) is 0 Å². The van der Waals surface area contributed by atoms with Gasteiger partial charge in [0.05, 0.1) is 15.9 Å². The highest BCUT2D eigenvalue weighted by Gasteiger charge is 2.10. The van der Waals surface area contributed by atoms with Crippen molar-refractivity contribution in [3.63, 3.8) is 0 Å². The van der Waals surface area contributed by atoms with E-state index in [0.717, 1.165) is 21.3 Å². The molecule has 0 amide bonds. The number of halogens is 1. The zero-order valence-electron chi connectivity index (χ0n) is 8.64. The minimum absolute atomic E-state index is 1.03. The van der Waals surface area contributed by atoms with Crippen LogP contribution in [0.2, 0.25) is 0 Å². The average molecular weight is 293 g/mol. The second-order valence-corrected chi connectivity index (χ2v) is 5.47. The van der Waals surface area contributed by atoms with Crippen LogP contribution in [0.3, 0.4) is 0 Å². The summed E-state index contributed by atoms with van der Waals surface area (Å²) in [5.74, 6) is 1.03. The van der Waals surface area contributed by atoms with Gasteiger partial charge in [0, 0.05) is 11.5 Å². The number of nitrogens with zero attached hydrogens (tertiary/aromatic N) is 2. The van der Waals surface area contributed by atoms with Crippen molar-refractivity contribution >= 4 is 38.3 Å². The van der Waals surface area contributed by atoms with Crippen LogP contribution in [0.4, 0.5) is 0 Å². The Hall–Kier alpha value is -1.13. The van der Waals surface area contributed by atoms with Gasteiger partial charge in [0.25, 0.3) is 0 Å². The summed E-state index contributed by atoms with van der Waals surface area (Å²) in [6, 6.07) is 10.3. The summed E-state index contributed by atoms with van der Waals surface area (Å²) in [4.78, 5) is 5.86. The molecule has 3 rings (SSSR count). The van der Waals surface area contributed by atoms with E-state index < -0.39 is 0 Å². The van der Waals surface area contributed by atoms with Crippen molar-refractivity contribution in [1.82, 2.24) is 9.55 Å². The Balaban J connectivity index is 2.31. The van der Waals surface area contributed by atoms with Gasteiger partial charge in [-0.05, 0) is 29.6 Å². The zero-order chi connectivity index (χ0) is 11.1. The normalized spacial score (nSPS) is 11.1. The number of benzene rings is 1. The second-order valence-electron chi connectivity index (χ2n) is 3.60. The molecule has 2 aromatic heterocycles. The molecular weight excluding hydrogens is 284 g/mol. The molecule has 0 saturated carbocycles. The molecular formula is C12H9BrN2S. The van der Waals surface area contributed by atoms with Crippen molar-refractivity contribution in [1.29, 1.82) is 0 Å². The number of imidazole rings is 1. The van der Waals surface area contributed by atoms with Gasteiger partial charge < -0.3 is 4.57 Å². The number of hydrogen-bond acceptors (Lipinski definition) is 2. The molecule has 0 N–H and O–H groups in total. The van der Waals surface area contributed by atoms with Crippen molar-refractivity contribution in [3.05, 3.63) is 40.2 Å². The number of thiophene rings is 1. The van der Waals surface area contributed by atoms with Crippen molar-refractivity contribution in [2.75, 3.05) is 0 Å². The topological polar surface area (TPSA) is 17.8 Å². The van der Waals surface area contributed by atoms with Crippen LogP contribution in [0.25, 0.3) is 21.7 Å². The Kier molecular flexibility index (Phi) is 2.33. The van der Waals surface area contributed by atoms with Crippen molar-refractivity contribution < 1.29 is 0 Å². The Morgan fingerprint density at radius 1 is 1.31 bits per heavy atom. The molecule has 0 aliphatic rings. The molecule has 0 saturated heterocycles. The zero-order valence-corrected chi connectivity index (χ0v) is 11.0. The summed E-state index contributed by atoms with van der Waals surface area (Å²) in [6.07, 6.45) is 0. The van der Waals surface area contributed by atoms with Crippen LogP contribution in [-0.4, -0.2) is 9.55 Å². The molecule has 2 heterocycles. The van der Waals surface area contributed by atoms with Gasteiger partial charge in [0.15, 0.2) is 5.82 Å². The molecule has 4 heteroatoms. The summed E-state index contributed by atoms with van der Waals surface area (Å²) in [7, 11) is 2.05. The fourth-order valence-electron chi connectivity index (χ4n) is 1.80. The number of aromatic nitrogens is 2. The Morgan fingerprint density at radius 2 is 2.19 bits per heavy atom. The third-order valence-electron chi connectivity index (χ3n) is 2.58. The standard InChI is InChI=1S/C12H9BrN2S/c1-15-10-5-4-8(13)7-9(10)14-12(15)11-3-2-6-16-11/h2-7H,1H3. The summed E-state index contributed by atoms with van der Waals surface area (Å²) in [6.45, 7) is 0. The highest BCUT2D eigenvalue weighted by molar-refractivity contribution is 9.10. The maximum Gasteiger partial charge on any atom is 0.150 e. The molecule has 2 nitrogen and oxygen atoms in total. The SMILES string of the molecule is Cn1c(-c2cccs2)nc2cc(Br)ccc21. The van der Waals surface area contributed by atoms with Crippen LogP contribution < -0.4 is 0 Å². The summed E-state index contributed by atoms with van der Waals surface area (Å²) >= 11 is 5.18. The fourth-order valence-corrected chi connectivity index (χ4v) is 2.90. The van der Waals surface area contributed by atoms with Gasteiger partial charge >= 0.3 is 0 Å². The van der Waals surface area contributed by atoms with E-state index in [1.54, 1.807) is 11.3 Å². The van der Waals surface area contributed by atoms with Crippen LogP contribution in [0.5, 0.6) is 0 Å². The second kappa shape index (κ2) is 3.71. The lowest BCUT2D eigenvalue weighted by Crippen LogP contribution is -1.89. The van der Waals surface area contributed by atoms with Gasteiger partial charge in [-0.15, -0.1) is 11.3 Å². The highest BCUT2D eigenvalue weighted by Crippen LogP contribution is 2.28. The number of fused-ring (bicyclic) bond motifs is 1. The van der Waals surface area contributed by atoms with Gasteiger partial charge in [-0.1, -0.05) is 22.0 Å². The molecule has 0 fully saturated rings. The molecule has 0 atom stereocenters. The first-order chi connectivity index (χ1) is 7.75. The largest absolute Gasteiger partial charge is 0.326 e. The molecule has 1 aromatic carbocycles. The minimum atomic E-state index is 1.03. The van der Waals surface area contributed by atoms with Gasteiger partial charge in [-0.2, -0.15) is 0 Å². The first-order valence-electron chi connectivity index (χ1n) is 4.91. The number of rotatable bonds is 1.